The van der Waals surface area contributed by atoms with Crippen LogP contribution in [0.5, 0.6) is 0 Å². The van der Waals surface area contributed by atoms with Crippen LogP contribution in [-0.4, -0.2) is 51.3 Å². The Morgan fingerprint density at radius 1 is 1.04 bits per heavy atom. The van der Waals surface area contributed by atoms with Crippen LogP contribution in [0, 0.1) is 0 Å². The van der Waals surface area contributed by atoms with Gasteiger partial charge in [0, 0.05) is 38.9 Å². The molecular formula is C20H33IN4O2. The first-order valence-electron chi connectivity index (χ1n) is 9.69. The lowest BCUT2D eigenvalue weighted by molar-refractivity contribution is 0.0277. The lowest BCUT2D eigenvalue weighted by Crippen LogP contribution is -2.42. The van der Waals surface area contributed by atoms with Gasteiger partial charge in [-0.2, -0.15) is 0 Å². The van der Waals surface area contributed by atoms with Crippen molar-refractivity contribution in [3.05, 3.63) is 35.9 Å². The zero-order valence-electron chi connectivity index (χ0n) is 16.2. The summed E-state index contributed by atoms with van der Waals surface area (Å²) in [4.78, 5) is 16.1. The second-order valence-corrected chi connectivity index (χ2v) is 6.53. The van der Waals surface area contributed by atoms with Crippen LogP contribution in [0.4, 0.5) is 0 Å². The summed E-state index contributed by atoms with van der Waals surface area (Å²) >= 11 is 0. The molecule has 0 unspecified atom stereocenters. The number of hydrogen-bond acceptors (Lipinski definition) is 3. The molecule has 0 atom stereocenters. The monoisotopic (exact) mass is 488 g/mol. The molecule has 0 aromatic heterocycles. The number of rotatable bonds is 9. The van der Waals surface area contributed by atoms with E-state index in [9.17, 15) is 4.79 Å². The molecule has 6 nitrogen and oxygen atoms in total. The Kier molecular flexibility index (Phi) is 12.9. The fraction of sp³-hybridized carbons (Fsp3) is 0.600. The predicted octanol–water partition coefficient (Wildman–Crippen LogP) is 2.94. The molecule has 0 heterocycles. The Morgan fingerprint density at radius 3 is 2.41 bits per heavy atom. The van der Waals surface area contributed by atoms with E-state index in [0.29, 0.717) is 24.8 Å². The van der Waals surface area contributed by atoms with Crippen molar-refractivity contribution in [2.45, 2.75) is 44.6 Å². The van der Waals surface area contributed by atoms with Gasteiger partial charge >= 0.3 is 0 Å². The molecule has 2 rings (SSSR count). The molecule has 3 N–H and O–H groups in total. The van der Waals surface area contributed by atoms with Crippen LogP contribution in [0.2, 0.25) is 0 Å². The van der Waals surface area contributed by atoms with Crippen LogP contribution < -0.4 is 16.0 Å². The zero-order chi connectivity index (χ0) is 18.5. The van der Waals surface area contributed by atoms with Crippen LogP contribution in [0.1, 0.15) is 48.9 Å². The molecule has 1 aliphatic rings. The van der Waals surface area contributed by atoms with Gasteiger partial charge in [0.1, 0.15) is 0 Å². The largest absolute Gasteiger partial charge is 0.378 e. The highest BCUT2D eigenvalue weighted by molar-refractivity contribution is 14.0. The highest BCUT2D eigenvalue weighted by Gasteiger charge is 2.12. The number of carbonyl (C=O) groups is 1. The second kappa shape index (κ2) is 14.7. The standard InChI is InChI=1S/C20H32N4O2.HI/c1-21-20(23-13-8-16-26-18-11-6-3-7-12-18)24-15-14-22-19(25)17-9-4-2-5-10-17;/h2,4-5,9-10,18H,3,6-8,11-16H2,1H3,(H,22,25)(H2,21,23,24);1H. The second-order valence-electron chi connectivity index (χ2n) is 6.53. The van der Waals surface area contributed by atoms with E-state index in [-0.39, 0.29) is 29.9 Å². The number of benzene rings is 1. The third-order valence-electron chi connectivity index (χ3n) is 4.48. The van der Waals surface area contributed by atoms with Crippen LogP contribution in [0.15, 0.2) is 35.3 Å². The number of hydrogen-bond donors (Lipinski definition) is 3. The van der Waals surface area contributed by atoms with E-state index >= 15 is 0 Å². The Bertz CT molecular complexity index is 548. The number of guanidine groups is 1. The van der Waals surface area contributed by atoms with Gasteiger partial charge in [0.05, 0.1) is 6.10 Å². The van der Waals surface area contributed by atoms with E-state index in [1.807, 2.05) is 18.2 Å². The van der Waals surface area contributed by atoms with Gasteiger partial charge < -0.3 is 20.7 Å². The summed E-state index contributed by atoms with van der Waals surface area (Å²) in [6.07, 6.45) is 7.82. The van der Waals surface area contributed by atoms with Crippen molar-refractivity contribution in [1.29, 1.82) is 0 Å². The predicted molar refractivity (Wildman–Crippen MR) is 121 cm³/mol. The molecule has 7 heteroatoms. The maximum Gasteiger partial charge on any atom is 0.251 e. The van der Waals surface area contributed by atoms with E-state index in [1.165, 1.54) is 32.1 Å². The normalized spacial score (nSPS) is 14.9. The maximum atomic E-state index is 11.9. The van der Waals surface area contributed by atoms with Gasteiger partial charge in [-0.1, -0.05) is 37.5 Å². The average molecular weight is 488 g/mol. The summed E-state index contributed by atoms with van der Waals surface area (Å²) in [5.41, 5.74) is 0.674. The third kappa shape index (κ3) is 9.95. The highest BCUT2D eigenvalue weighted by Crippen LogP contribution is 2.20. The van der Waals surface area contributed by atoms with E-state index in [0.717, 1.165) is 25.5 Å². The van der Waals surface area contributed by atoms with E-state index < -0.39 is 0 Å². The number of nitrogens with one attached hydrogen (secondary N) is 3. The molecule has 1 saturated carbocycles. The van der Waals surface area contributed by atoms with Gasteiger partial charge in [0.25, 0.3) is 5.91 Å². The summed E-state index contributed by atoms with van der Waals surface area (Å²) in [5, 5.41) is 9.36. The Balaban J connectivity index is 0.00000364. The minimum atomic E-state index is -0.0600. The van der Waals surface area contributed by atoms with Crippen LogP contribution in [-0.2, 0) is 4.74 Å². The van der Waals surface area contributed by atoms with Crippen molar-refractivity contribution in [3.8, 4) is 0 Å². The molecular weight excluding hydrogens is 455 g/mol. The molecule has 1 aliphatic carbocycles. The molecule has 152 valence electrons. The first-order chi connectivity index (χ1) is 12.8. The SMILES string of the molecule is CN=C(NCCCOC1CCCCC1)NCCNC(=O)c1ccccc1.I. The van der Waals surface area contributed by atoms with Gasteiger partial charge in [-0.3, -0.25) is 9.79 Å². The van der Waals surface area contributed by atoms with E-state index in [2.05, 4.69) is 20.9 Å². The number of aliphatic imine (C=N–C) groups is 1. The molecule has 1 amide bonds. The molecule has 0 aliphatic heterocycles. The van der Waals surface area contributed by atoms with Crippen LogP contribution >= 0.6 is 24.0 Å². The average Bonchev–Trinajstić information content (AvgIpc) is 2.70. The summed E-state index contributed by atoms with van der Waals surface area (Å²) in [7, 11) is 1.75. The van der Waals surface area contributed by atoms with Crippen LogP contribution in [0.25, 0.3) is 0 Å². The lowest BCUT2D eigenvalue weighted by Gasteiger charge is -2.22. The first-order valence-corrected chi connectivity index (χ1v) is 9.69. The van der Waals surface area contributed by atoms with E-state index in [4.69, 9.17) is 4.74 Å². The molecule has 27 heavy (non-hydrogen) atoms. The summed E-state index contributed by atoms with van der Waals surface area (Å²) in [6, 6.07) is 9.22. The number of halogens is 1. The van der Waals surface area contributed by atoms with Crippen molar-refractivity contribution in [3.63, 3.8) is 0 Å². The summed E-state index contributed by atoms with van der Waals surface area (Å²) < 4.78 is 5.92. The summed E-state index contributed by atoms with van der Waals surface area (Å²) in [5.74, 6) is 0.687. The smallest absolute Gasteiger partial charge is 0.251 e. The zero-order valence-corrected chi connectivity index (χ0v) is 18.5. The first kappa shape index (κ1) is 23.7. The summed E-state index contributed by atoms with van der Waals surface area (Å²) in [6.45, 7) is 2.78. The van der Waals surface area contributed by atoms with E-state index in [1.54, 1.807) is 19.2 Å². The van der Waals surface area contributed by atoms with Gasteiger partial charge in [-0.15, -0.1) is 24.0 Å². The van der Waals surface area contributed by atoms with Gasteiger partial charge in [0.2, 0.25) is 0 Å². The third-order valence-corrected chi connectivity index (χ3v) is 4.48. The highest BCUT2D eigenvalue weighted by atomic mass is 127. The van der Waals surface area contributed by atoms with Crippen molar-refractivity contribution >= 4 is 35.8 Å². The lowest BCUT2D eigenvalue weighted by atomic mass is 9.98. The number of amides is 1. The molecule has 0 saturated heterocycles. The molecule has 1 fully saturated rings. The van der Waals surface area contributed by atoms with Crippen molar-refractivity contribution in [2.24, 2.45) is 4.99 Å². The quantitative estimate of drug-likeness (QED) is 0.216. The fourth-order valence-electron chi connectivity index (χ4n) is 3.03. The number of ether oxygens (including phenoxy) is 1. The Morgan fingerprint density at radius 2 is 1.70 bits per heavy atom. The molecule has 1 aromatic rings. The minimum Gasteiger partial charge on any atom is -0.378 e. The maximum absolute atomic E-state index is 11.9. The molecule has 0 bridgehead atoms. The Hall–Kier alpha value is -1.35. The topological polar surface area (TPSA) is 74.8 Å². The molecule has 0 spiro atoms. The van der Waals surface area contributed by atoms with Crippen molar-refractivity contribution in [1.82, 2.24) is 16.0 Å². The van der Waals surface area contributed by atoms with Crippen LogP contribution in [0.3, 0.4) is 0 Å². The van der Waals surface area contributed by atoms with Crippen molar-refractivity contribution < 1.29 is 9.53 Å². The molecule has 0 radical (unpaired) electrons. The van der Waals surface area contributed by atoms with Gasteiger partial charge in [-0.05, 0) is 31.4 Å². The van der Waals surface area contributed by atoms with Gasteiger partial charge in [-0.25, -0.2) is 0 Å². The van der Waals surface area contributed by atoms with Gasteiger partial charge in [0.15, 0.2) is 5.96 Å². The fourth-order valence-corrected chi connectivity index (χ4v) is 3.03. The molecule has 1 aromatic carbocycles. The minimum absolute atomic E-state index is 0. The van der Waals surface area contributed by atoms with Crippen molar-refractivity contribution in [2.75, 3.05) is 33.3 Å². The number of nitrogens with zero attached hydrogens (tertiary/aromatic N) is 1. The number of carbonyl (C=O) groups excluding carboxylic acids is 1. The Labute approximate surface area is 179 Å².